The van der Waals surface area contributed by atoms with Gasteiger partial charge in [0.1, 0.15) is 5.82 Å². The number of rotatable bonds is 1. The average molecular weight is 261 g/mol. The quantitative estimate of drug-likeness (QED) is 0.770. The minimum absolute atomic E-state index is 0.0390. The van der Waals surface area contributed by atoms with Crippen LogP contribution in [0.4, 0.5) is 4.39 Å². The molecule has 1 aromatic carbocycles. The summed E-state index contributed by atoms with van der Waals surface area (Å²) in [6, 6.07) is 6.00. The monoisotopic (exact) mass is 261 g/mol. The molecule has 4 rings (SSSR count). The third-order valence-electron chi connectivity index (χ3n) is 5.27. The van der Waals surface area contributed by atoms with Crippen molar-refractivity contribution < 1.29 is 9.13 Å². The molecule has 3 aliphatic rings. The van der Waals surface area contributed by atoms with Crippen molar-refractivity contribution in [2.45, 2.75) is 50.3 Å². The van der Waals surface area contributed by atoms with Crippen molar-refractivity contribution in [3.63, 3.8) is 0 Å². The molecule has 0 amide bonds. The van der Waals surface area contributed by atoms with Crippen LogP contribution in [0.25, 0.3) is 0 Å². The Balaban J connectivity index is 1.57. The smallest absolute Gasteiger partial charge is 0.127 e. The summed E-state index contributed by atoms with van der Waals surface area (Å²) >= 11 is 0. The van der Waals surface area contributed by atoms with Gasteiger partial charge in [0.05, 0.1) is 5.60 Å². The highest BCUT2D eigenvalue weighted by atomic mass is 19.1. The second kappa shape index (κ2) is 4.29. The lowest BCUT2D eigenvalue weighted by atomic mass is 9.71. The van der Waals surface area contributed by atoms with Crippen molar-refractivity contribution in [1.29, 1.82) is 0 Å². The molecule has 2 nitrogen and oxygen atoms in total. The highest BCUT2D eigenvalue weighted by Gasteiger charge is 2.52. The van der Waals surface area contributed by atoms with Crippen LogP contribution in [-0.4, -0.2) is 29.7 Å². The Morgan fingerprint density at radius 3 is 3.00 bits per heavy atom. The molecule has 0 aromatic heterocycles. The molecule has 1 saturated heterocycles. The van der Waals surface area contributed by atoms with Crippen LogP contribution >= 0.6 is 0 Å². The molecule has 2 fully saturated rings. The van der Waals surface area contributed by atoms with E-state index in [0.29, 0.717) is 6.04 Å². The van der Waals surface area contributed by atoms with Crippen LogP contribution in [0.15, 0.2) is 18.2 Å². The number of halogens is 1. The lowest BCUT2D eigenvalue weighted by Gasteiger charge is -2.52. The summed E-state index contributed by atoms with van der Waals surface area (Å²) in [5.41, 5.74) is 2.22. The van der Waals surface area contributed by atoms with Gasteiger partial charge in [-0.25, -0.2) is 4.39 Å². The molecule has 1 spiro atoms. The molecule has 0 N–H and O–H groups in total. The van der Waals surface area contributed by atoms with Gasteiger partial charge in [0.2, 0.25) is 0 Å². The molecule has 1 unspecified atom stereocenters. The van der Waals surface area contributed by atoms with E-state index in [4.69, 9.17) is 4.74 Å². The molecule has 0 radical (unpaired) electrons. The Morgan fingerprint density at radius 2 is 2.26 bits per heavy atom. The van der Waals surface area contributed by atoms with Gasteiger partial charge < -0.3 is 4.74 Å². The van der Waals surface area contributed by atoms with Gasteiger partial charge in [0, 0.05) is 31.3 Å². The fourth-order valence-electron chi connectivity index (χ4n) is 4.12. The fourth-order valence-corrected chi connectivity index (χ4v) is 4.12. The Kier molecular flexibility index (Phi) is 2.68. The van der Waals surface area contributed by atoms with Crippen LogP contribution in [0.1, 0.15) is 36.8 Å². The molecule has 3 heteroatoms. The highest BCUT2D eigenvalue weighted by Crippen LogP contribution is 2.47. The van der Waals surface area contributed by atoms with Gasteiger partial charge in [0.15, 0.2) is 0 Å². The summed E-state index contributed by atoms with van der Waals surface area (Å²) in [5, 5.41) is 0. The van der Waals surface area contributed by atoms with Crippen LogP contribution in [0.5, 0.6) is 0 Å². The van der Waals surface area contributed by atoms with Gasteiger partial charge in [-0.2, -0.15) is 0 Å². The average Bonchev–Trinajstić information content (AvgIpc) is 2.90. The van der Waals surface area contributed by atoms with E-state index in [1.54, 1.807) is 6.07 Å². The summed E-state index contributed by atoms with van der Waals surface area (Å²) < 4.78 is 20.0. The Labute approximate surface area is 113 Å². The van der Waals surface area contributed by atoms with Crippen molar-refractivity contribution in [3.8, 4) is 0 Å². The van der Waals surface area contributed by atoms with E-state index < -0.39 is 0 Å². The van der Waals surface area contributed by atoms with E-state index in [2.05, 4.69) is 11.0 Å². The number of nitrogens with zero attached hydrogens (tertiary/aromatic N) is 1. The molecule has 1 saturated carbocycles. The lowest BCUT2D eigenvalue weighted by molar-refractivity contribution is -0.132. The summed E-state index contributed by atoms with van der Waals surface area (Å²) in [7, 11) is 0. The van der Waals surface area contributed by atoms with Crippen molar-refractivity contribution in [1.82, 2.24) is 4.90 Å². The number of ether oxygens (including phenoxy) is 1. The van der Waals surface area contributed by atoms with Gasteiger partial charge in [-0.15, -0.1) is 0 Å². The SMILES string of the molecule is Fc1cccc2c1CN(C1CC[C@@]13CCCO3)CC2. The Bertz CT molecular complexity index is 496. The molecular weight excluding hydrogens is 241 g/mol. The van der Waals surface area contributed by atoms with E-state index in [1.807, 2.05) is 6.07 Å². The van der Waals surface area contributed by atoms with Crippen LogP contribution in [0, 0.1) is 5.82 Å². The van der Waals surface area contributed by atoms with Gasteiger partial charge in [0.25, 0.3) is 0 Å². The minimum atomic E-state index is -0.0390. The zero-order chi connectivity index (χ0) is 12.9. The normalized spacial score (nSPS) is 34.3. The molecular formula is C16H20FNO. The second-order valence-electron chi connectivity index (χ2n) is 6.17. The van der Waals surface area contributed by atoms with Crippen molar-refractivity contribution in [2.24, 2.45) is 0 Å². The van der Waals surface area contributed by atoms with E-state index in [0.717, 1.165) is 31.7 Å². The van der Waals surface area contributed by atoms with Crippen molar-refractivity contribution >= 4 is 0 Å². The van der Waals surface area contributed by atoms with Gasteiger partial charge >= 0.3 is 0 Å². The first-order valence-corrected chi connectivity index (χ1v) is 7.43. The summed E-state index contributed by atoms with van der Waals surface area (Å²) in [5.74, 6) is -0.0390. The standard InChI is InChI=1S/C16H20FNO/c17-14-4-1-3-12-6-9-18(11-13(12)14)15-5-8-16(15)7-2-10-19-16/h1,3-4,15H,2,5-11H2/t15?,16-/m0/s1. The third kappa shape index (κ3) is 1.75. The Morgan fingerprint density at radius 1 is 1.32 bits per heavy atom. The third-order valence-corrected chi connectivity index (χ3v) is 5.27. The van der Waals surface area contributed by atoms with E-state index in [1.165, 1.54) is 31.2 Å². The maximum absolute atomic E-state index is 13.9. The first-order valence-electron chi connectivity index (χ1n) is 7.43. The van der Waals surface area contributed by atoms with Crippen molar-refractivity contribution in [3.05, 3.63) is 35.1 Å². The molecule has 1 aromatic rings. The molecule has 2 atom stereocenters. The minimum Gasteiger partial charge on any atom is -0.373 e. The molecule has 1 aliphatic carbocycles. The first-order chi connectivity index (χ1) is 9.28. The predicted molar refractivity (Wildman–Crippen MR) is 71.5 cm³/mol. The number of hydrogen-bond donors (Lipinski definition) is 0. The molecule has 0 bridgehead atoms. The summed E-state index contributed by atoms with van der Waals surface area (Å²) in [6.45, 7) is 2.72. The van der Waals surface area contributed by atoms with Crippen LogP contribution in [0.2, 0.25) is 0 Å². The predicted octanol–water partition coefficient (Wildman–Crippen LogP) is 2.90. The van der Waals surface area contributed by atoms with Crippen LogP contribution < -0.4 is 0 Å². The largest absolute Gasteiger partial charge is 0.373 e. The molecule has 102 valence electrons. The summed E-state index contributed by atoms with van der Waals surface area (Å²) in [4.78, 5) is 2.46. The number of fused-ring (bicyclic) bond motifs is 1. The van der Waals surface area contributed by atoms with Gasteiger partial charge in [-0.3, -0.25) is 4.90 Å². The zero-order valence-corrected chi connectivity index (χ0v) is 11.2. The van der Waals surface area contributed by atoms with E-state index in [-0.39, 0.29) is 11.4 Å². The highest BCUT2D eigenvalue weighted by molar-refractivity contribution is 5.31. The fraction of sp³-hybridized carbons (Fsp3) is 0.625. The van der Waals surface area contributed by atoms with Crippen molar-refractivity contribution in [2.75, 3.05) is 13.2 Å². The molecule has 19 heavy (non-hydrogen) atoms. The lowest BCUT2D eigenvalue weighted by Crippen LogP contribution is -2.60. The molecule has 2 heterocycles. The maximum Gasteiger partial charge on any atom is 0.127 e. The maximum atomic E-state index is 13.9. The van der Waals surface area contributed by atoms with E-state index >= 15 is 0 Å². The molecule has 2 aliphatic heterocycles. The first kappa shape index (κ1) is 11.9. The summed E-state index contributed by atoms with van der Waals surface area (Å²) in [6.07, 6.45) is 5.76. The Hall–Kier alpha value is -0.930. The van der Waals surface area contributed by atoms with Gasteiger partial charge in [-0.1, -0.05) is 12.1 Å². The van der Waals surface area contributed by atoms with Crippen LogP contribution in [-0.2, 0) is 17.7 Å². The number of benzene rings is 1. The number of hydrogen-bond acceptors (Lipinski definition) is 2. The second-order valence-corrected chi connectivity index (χ2v) is 6.17. The van der Waals surface area contributed by atoms with Crippen LogP contribution in [0.3, 0.4) is 0 Å². The zero-order valence-electron chi connectivity index (χ0n) is 11.2. The van der Waals surface area contributed by atoms with E-state index in [9.17, 15) is 4.39 Å². The van der Waals surface area contributed by atoms with Gasteiger partial charge in [-0.05, 0) is 43.7 Å². The topological polar surface area (TPSA) is 12.5 Å².